The third-order valence-electron chi connectivity index (χ3n) is 4.43. The normalized spacial score (nSPS) is 11.2. The topological polar surface area (TPSA) is 73.2 Å². The number of anilines is 1. The highest BCUT2D eigenvalue weighted by Gasteiger charge is 2.19. The van der Waals surface area contributed by atoms with Gasteiger partial charge in [0.05, 0.1) is 18.2 Å². The second-order valence-corrected chi connectivity index (χ2v) is 8.84. The first-order chi connectivity index (χ1) is 13.3. The zero-order valence-corrected chi connectivity index (χ0v) is 18.2. The molecule has 1 amide bonds. The number of methoxy groups -OCH3 is 1. The summed E-state index contributed by atoms with van der Waals surface area (Å²) in [7, 11) is 1.60. The monoisotopic (exact) mass is 417 g/mol. The maximum Gasteiger partial charge on any atom is 0.263 e. The number of thioether (sulfide) groups is 1. The van der Waals surface area contributed by atoms with Gasteiger partial charge in [0.15, 0.2) is 5.16 Å². The van der Waals surface area contributed by atoms with Crippen LogP contribution in [-0.4, -0.2) is 28.3 Å². The molecule has 0 saturated carbocycles. The van der Waals surface area contributed by atoms with Crippen LogP contribution in [0.4, 0.5) is 5.69 Å². The Bertz CT molecular complexity index is 1070. The van der Waals surface area contributed by atoms with Gasteiger partial charge in [0, 0.05) is 16.6 Å². The standard InChI is InChI=1S/C20H23N3O3S2/c1-11(2)23-19(25)17-12(3)13(4)28-18(17)22-20(23)27-10-16(24)21-14-6-8-15(26-5)9-7-14/h6-9,11H,10H2,1-5H3,(H,21,24). The van der Waals surface area contributed by atoms with Gasteiger partial charge >= 0.3 is 0 Å². The highest BCUT2D eigenvalue weighted by molar-refractivity contribution is 7.99. The minimum absolute atomic E-state index is 0.0417. The molecular formula is C20H23N3O3S2. The van der Waals surface area contributed by atoms with E-state index in [1.54, 1.807) is 35.9 Å². The number of benzene rings is 1. The van der Waals surface area contributed by atoms with Crippen LogP contribution in [-0.2, 0) is 4.79 Å². The first kappa shape index (κ1) is 20.4. The largest absolute Gasteiger partial charge is 0.497 e. The molecule has 1 aromatic carbocycles. The van der Waals surface area contributed by atoms with E-state index < -0.39 is 0 Å². The minimum atomic E-state index is -0.154. The fraction of sp³-hybridized carbons (Fsp3) is 0.350. The van der Waals surface area contributed by atoms with Crippen LogP contribution in [0.15, 0.2) is 34.2 Å². The van der Waals surface area contributed by atoms with Crippen molar-refractivity contribution in [3.8, 4) is 5.75 Å². The van der Waals surface area contributed by atoms with Crippen molar-refractivity contribution in [2.24, 2.45) is 0 Å². The summed E-state index contributed by atoms with van der Waals surface area (Å²) in [6.45, 7) is 7.85. The number of nitrogens with zero attached hydrogens (tertiary/aromatic N) is 2. The van der Waals surface area contributed by atoms with E-state index in [1.807, 2.05) is 27.7 Å². The third kappa shape index (κ3) is 4.07. The number of carbonyl (C=O) groups is 1. The Morgan fingerprint density at radius 2 is 1.96 bits per heavy atom. The van der Waals surface area contributed by atoms with Crippen molar-refractivity contribution >= 4 is 44.9 Å². The van der Waals surface area contributed by atoms with Crippen LogP contribution in [0.25, 0.3) is 10.2 Å². The second-order valence-electron chi connectivity index (χ2n) is 6.69. The molecule has 3 rings (SSSR count). The molecule has 2 aromatic heterocycles. The zero-order chi connectivity index (χ0) is 20.4. The Labute approximate surface area is 171 Å². The molecule has 6 nitrogen and oxygen atoms in total. The van der Waals surface area contributed by atoms with Crippen molar-refractivity contribution in [2.45, 2.75) is 38.9 Å². The number of aromatic nitrogens is 2. The summed E-state index contributed by atoms with van der Waals surface area (Å²) < 4.78 is 6.79. The summed E-state index contributed by atoms with van der Waals surface area (Å²) in [6, 6.07) is 7.10. The molecule has 148 valence electrons. The molecular weight excluding hydrogens is 394 g/mol. The number of hydrogen-bond acceptors (Lipinski definition) is 6. The average molecular weight is 418 g/mol. The van der Waals surface area contributed by atoms with Gasteiger partial charge in [-0.25, -0.2) is 4.98 Å². The number of hydrogen-bond donors (Lipinski definition) is 1. The quantitative estimate of drug-likeness (QED) is 0.475. The molecule has 2 heterocycles. The van der Waals surface area contributed by atoms with Crippen molar-refractivity contribution in [3.05, 3.63) is 45.1 Å². The van der Waals surface area contributed by atoms with Crippen molar-refractivity contribution in [1.82, 2.24) is 9.55 Å². The van der Waals surface area contributed by atoms with Crippen molar-refractivity contribution in [2.75, 3.05) is 18.2 Å². The van der Waals surface area contributed by atoms with E-state index in [0.717, 1.165) is 21.0 Å². The number of carbonyl (C=O) groups excluding carboxylic acids is 1. The molecule has 0 spiro atoms. The fourth-order valence-electron chi connectivity index (χ4n) is 2.85. The predicted molar refractivity (Wildman–Crippen MR) is 116 cm³/mol. The molecule has 0 aliphatic carbocycles. The lowest BCUT2D eigenvalue weighted by Gasteiger charge is -2.15. The summed E-state index contributed by atoms with van der Waals surface area (Å²) in [5.74, 6) is 0.741. The summed E-state index contributed by atoms with van der Waals surface area (Å²) in [5, 5.41) is 4.10. The molecule has 0 radical (unpaired) electrons. The van der Waals surface area contributed by atoms with Gasteiger partial charge in [0.1, 0.15) is 10.6 Å². The van der Waals surface area contributed by atoms with Crippen LogP contribution in [0.3, 0.4) is 0 Å². The lowest BCUT2D eigenvalue weighted by molar-refractivity contribution is -0.113. The Morgan fingerprint density at radius 1 is 1.29 bits per heavy atom. The predicted octanol–water partition coefficient (Wildman–Crippen LogP) is 4.40. The van der Waals surface area contributed by atoms with E-state index in [9.17, 15) is 9.59 Å². The summed E-state index contributed by atoms with van der Waals surface area (Å²) in [5.41, 5.74) is 1.64. The first-order valence-electron chi connectivity index (χ1n) is 8.90. The van der Waals surface area contributed by atoms with Gasteiger partial charge in [0.25, 0.3) is 5.56 Å². The van der Waals surface area contributed by atoms with E-state index in [-0.39, 0.29) is 23.3 Å². The molecule has 0 unspecified atom stereocenters. The Hall–Kier alpha value is -2.32. The van der Waals surface area contributed by atoms with Crippen LogP contribution in [0.5, 0.6) is 5.75 Å². The van der Waals surface area contributed by atoms with E-state index in [2.05, 4.69) is 10.3 Å². The smallest absolute Gasteiger partial charge is 0.263 e. The molecule has 1 N–H and O–H groups in total. The third-order valence-corrected chi connectivity index (χ3v) is 6.48. The van der Waals surface area contributed by atoms with Crippen LogP contribution in [0.2, 0.25) is 0 Å². The number of nitrogens with one attached hydrogen (secondary N) is 1. The fourth-order valence-corrected chi connectivity index (χ4v) is 4.84. The van der Waals surface area contributed by atoms with Crippen LogP contribution < -0.4 is 15.6 Å². The van der Waals surface area contributed by atoms with E-state index >= 15 is 0 Å². The van der Waals surface area contributed by atoms with E-state index in [4.69, 9.17) is 4.74 Å². The van der Waals surface area contributed by atoms with Gasteiger partial charge in [-0.05, 0) is 57.5 Å². The van der Waals surface area contributed by atoms with E-state index in [0.29, 0.717) is 16.2 Å². The molecule has 28 heavy (non-hydrogen) atoms. The number of amides is 1. The van der Waals surface area contributed by atoms with Gasteiger partial charge < -0.3 is 10.1 Å². The molecule has 0 aliphatic rings. The first-order valence-corrected chi connectivity index (χ1v) is 10.7. The Morgan fingerprint density at radius 3 is 2.57 bits per heavy atom. The summed E-state index contributed by atoms with van der Waals surface area (Å²) in [6.07, 6.45) is 0. The van der Waals surface area contributed by atoms with Gasteiger partial charge in [0.2, 0.25) is 5.91 Å². The second kappa shape index (κ2) is 8.36. The number of fused-ring (bicyclic) bond motifs is 1. The number of rotatable bonds is 6. The van der Waals surface area contributed by atoms with Crippen molar-refractivity contribution < 1.29 is 9.53 Å². The molecule has 0 saturated heterocycles. The van der Waals surface area contributed by atoms with Crippen LogP contribution in [0, 0.1) is 13.8 Å². The van der Waals surface area contributed by atoms with Gasteiger partial charge in [-0.3, -0.25) is 14.2 Å². The lowest BCUT2D eigenvalue weighted by Crippen LogP contribution is -2.25. The van der Waals surface area contributed by atoms with Crippen molar-refractivity contribution in [3.63, 3.8) is 0 Å². The molecule has 0 bridgehead atoms. The highest BCUT2D eigenvalue weighted by atomic mass is 32.2. The molecule has 3 aromatic rings. The molecule has 0 aliphatic heterocycles. The lowest BCUT2D eigenvalue weighted by atomic mass is 10.2. The Balaban J connectivity index is 1.82. The van der Waals surface area contributed by atoms with Gasteiger partial charge in [-0.2, -0.15) is 0 Å². The van der Waals surface area contributed by atoms with Crippen LogP contribution in [0.1, 0.15) is 30.3 Å². The zero-order valence-electron chi connectivity index (χ0n) is 16.5. The van der Waals surface area contributed by atoms with Crippen molar-refractivity contribution in [1.29, 1.82) is 0 Å². The minimum Gasteiger partial charge on any atom is -0.497 e. The van der Waals surface area contributed by atoms with Crippen LogP contribution >= 0.6 is 23.1 Å². The molecule has 0 atom stereocenters. The maximum absolute atomic E-state index is 13.0. The maximum atomic E-state index is 13.0. The average Bonchev–Trinajstić information content (AvgIpc) is 2.94. The van der Waals surface area contributed by atoms with Gasteiger partial charge in [-0.15, -0.1) is 11.3 Å². The molecule has 0 fully saturated rings. The summed E-state index contributed by atoms with van der Waals surface area (Å²) >= 11 is 2.79. The number of thiophene rings is 1. The highest BCUT2D eigenvalue weighted by Crippen LogP contribution is 2.29. The van der Waals surface area contributed by atoms with Gasteiger partial charge in [-0.1, -0.05) is 11.8 Å². The summed E-state index contributed by atoms with van der Waals surface area (Å²) in [4.78, 5) is 31.9. The Kier molecular flexibility index (Phi) is 6.10. The SMILES string of the molecule is COc1ccc(NC(=O)CSc2nc3sc(C)c(C)c3c(=O)n2C(C)C)cc1. The van der Waals surface area contributed by atoms with E-state index in [1.165, 1.54) is 23.1 Å². The number of ether oxygens (including phenoxy) is 1. The molecule has 8 heteroatoms. The number of aryl methyl sites for hydroxylation is 2.